The summed E-state index contributed by atoms with van der Waals surface area (Å²) in [6.07, 6.45) is 0. The molecule has 0 aliphatic carbocycles. The van der Waals surface area contributed by atoms with Crippen molar-refractivity contribution in [1.82, 2.24) is 4.90 Å². The first-order valence-corrected chi connectivity index (χ1v) is 3.65. The van der Waals surface area contributed by atoms with Gasteiger partial charge in [0.1, 0.15) is 0 Å². The van der Waals surface area contributed by atoms with E-state index in [2.05, 4.69) is 39.2 Å². The molecule has 0 aliphatic rings. The van der Waals surface area contributed by atoms with Gasteiger partial charge in [0.15, 0.2) is 0 Å². The van der Waals surface area contributed by atoms with Gasteiger partial charge in [0, 0.05) is 5.70 Å². The Labute approximate surface area is 94.6 Å². The molecule has 0 saturated heterocycles. The Hall–Kier alpha value is 0.592. The summed E-state index contributed by atoms with van der Waals surface area (Å²) < 4.78 is 0. The summed E-state index contributed by atoms with van der Waals surface area (Å²) >= 11 is 0. The monoisotopic (exact) mass is 377 g/mol. The maximum Gasteiger partial charge on any atom is 2.00 e. The van der Waals surface area contributed by atoms with Crippen LogP contribution in [0.1, 0.15) is 13.8 Å². The first kappa shape index (κ1) is 14.1. The summed E-state index contributed by atoms with van der Waals surface area (Å²) in [5, 5.41) is 0. The van der Waals surface area contributed by atoms with Crippen molar-refractivity contribution in [2.24, 2.45) is 5.92 Å². The number of hydrogen-bond acceptors (Lipinski definition) is 1. The zero-order valence-corrected chi connectivity index (χ0v) is 11.7. The molecule has 11 heavy (non-hydrogen) atoms. The molecule has 0 bridgehead atoms. The molecule has 0 atom stereocenters. The van der Waals surface area contributed by atoms with Gasteiger partial charge in [-0.2, -0.15) is 0 Å². The summed E-state index contributed by atoms with van der Waals surface area (Å²) in [6.45, 7) is 17.3. The molecule has 0 unspecified atom stereocenters. The fourth-order valence-corrected chi connectivity index (χ4v) is 0.764. The minimum absolute atomic E-state index is 0. The molecule has 0 N–H and O–H groups in total. The maximum atomic E-state index is 3.94. The second-order valence-electron chi connectivity index (χ2n) is 2.63. The second kappa shape index (κ2) is 7.25. The normalized spacial score (nSPS) is 9.18. The minimum atomic E-state index is 0. The topological polar surface area (TPSA) is 3.24 Å². The van der Waals surface area contributed by atoms with E-state index in [4.69, 9.17) is 0 Å². The number of nitrogens with zero attached hydrogens (tertiary/aromatic N) is 1. The molecule has 0 amide bonds. The van der Waals surface area contributed by atoms with E-state index in [1.165, 1.54) is 0 Å². The molecule has 0 aliphatic heterocycles. The molecule has 0 saturated carbocycles. The van der Waals surface area contributed by atoms with Gasteiger partial charge in [0.25, 0.3) is 0 Å². The average molecular weight is 377 g/mol. The SMILES string of the molecule is C=C(C(C)C)N(C[CH2-])C[CH2-].[U+2]. The quantitative estimate of drug-likeness (QED) is 0.679. The van der Waals surface area contributed by atoms with Crippen LogP contribution in [0.4, 0.5) is 0 Å². The van der Waals surface area contributed by atoms with E-state index in [1.54, 1.807) is 0 Å². The van der Waals surface area contributed by atoms with Gasteiger partial charge in [0.2, 0.25) is 0 Å². The smallest absolute Gasteiger partial charge is 0.435 e. The Morgan fingerprint density at radius 1 is 1.36 bits per heavy atom. The summed E-state index contributed by atoms with van der Waals surface area (Å²) in [7, 11) is 0. The minimum Gasteiger partial charge on any atom is -0.435 e. The molecule has 0 aromatic rings. The molecule has 0 aromatic heterocycles. The van der Waals surface area contributed by atoms with Gasteiger partial charge in [-0.3, -0.25) is 0 Å². The summed E-state index contributed by atoms with van der Waals surface area (Å²) in [5.74, 6) is 0.503. The van der Waals surface area contributed by atoms with Gasteiger partial charge in [0.05, 0.1) is 0 Å². The third kappa shape index (κ3) is 4.93. The molecule has 1 nitrogen and oxygen atoms in total. The molecule has 0 fully saturated rings. The molecule has 0 aromatic carbocycles. The number of allylic oxidation sites excluding steroid dienone is 1. The average Bonchev–Trinajstić information content (AvgIpc) is 1.90. The molecule has 0 heterocycles. The van der Waals surface area contributed by atoms with Crippen LogP contribution in [0.2, 0.25) is 0 Å². The Kier molecular flexibility index (Phi) is 9.32. The summed E-state index contributed by atoms with van der Waals surface area (Å²) in [6, 6.07) is 0. The van der Waals surface area contributed by atoms with Gasteiger partial charge in [-0.25, -0.2) is 0 Å². The maximum absolute atomic E-state index is 3.94. The van der Waals surface area contributed by atoms with Crippen LogP contribution >= 0.6 is 0 Å². The fraction of sp³-hybridized carbons (Fsp3) is 0.556. The van der Waals surface area contributed by atoms with E-state index in [0.29, 0.717) is 5.92 Å². The van der Waals surface area contributed by atoms with Gasteiger partial charge < -0.3 is 18.7 Å². The molecular weight excluding hydrogens is 360 g/mol. The largest absolute Gasteiger partial charge is 2.00 e. The van der Waals surface area contributed by atoms with Gasteiger partial charge in [-0.05, 0) is 5.92 Å². The van der Waals surface area contributed by atoms with E-state index in [9.17, 15) is 0 Å². The van der Waals surface area contributed by atoms with E-state index >= 15 is 0 Å². The molecular formula is C9H17NU. The summed E-state index contributed by atoms with van der Waals surface area (Å²) in [4.78, 5) is 2.07. The van der Waals surface area contributed by atoms with Crippen molar-refractivity contribution in [3.05, 3.63) is 26.1 Å². The standard InChI is InChI=1S/C9H17N.U/c1-6-10(7-2)9(5)8(3)4;/h8H,1-2,5-7H2,3-4H3;/q-2;+2. The predicted octanol–water partition coefficient (Wildman–Crippen LogP) is 2.13. The fourth-order valence-electron chi connectivity index (χ4n) is 0.764. The van der Waals surface area contributed by atoms with Crippen LogP contribution in [0.5, 0.6) is 0 Å². The Balaban J connectivity index is 0. The van der Waals surface area contributed by atoms with E-state index in [0.717, 1.165) is 18.8 Å². The third-order valence-corrected chi connectivity index (χ3v) is 1.61. The molecule has 0 radical (unpaired) electrons. The molecule has 2 heteroatoms. The summed E-state index contributed by atoms with van der Waals surface area (Å²) in [5.41, 5.74) is 1.13. The zero-order chi connectivity index (χ0) is 8.15. The molecule has 0 spiro atoms. The van der Waals surface area contributed by atoms with Gasteiger partial charge >= 0.3 is 31.1 Å². The van der Waals surface area contributed by atoms with Crippen LogP contribution in [0.15, 0.2) is 12.3 Å². The van der Waals surface area contributed by atoms with Crippen LogP contribution in [-0.4, -0.2) is 18.0 Å². The van der Waals surface area contributed by atoms with Gasteiger partial charge in [-0.15, -0.1) is 13.1 Å². The molecule has 62 valence electrons. The van der Waals surface area contributed by atoms with Crippen molar-refractivity contribution in [2.75, 3.05) is 13.1 Å². The van der Waals surface area contributed by atoms with Crippen LogP contribution in [0.3, 0.4) is 0 Å². The second-order valence-corrected chi connectivity index (χ2v) is 2.63. The van der Waals surface area contributed by atoms with Crippen molar-refractivity contribution in [1.29, 1.82) is 0 Å². The van der Waals surface area contributed by atoms with Crippen molar-refractivity contribution >= 4 is 0 Å². The third-order valence-electron chi connectivity index (χ3n) is 1.61. The van der Waals surface area contributed by atoms with Crippen molar-refractivity contribution in [3.63, 3.8) is 0 Å². The van der Waals surface area contributed by atoms with Gasteiger partial charge in [-0.1, -0.05) is 20.4 Å². The Bertz CT molecular complexity index is 106. The van der Waals surface area contributed by atoms with E-state index in [1.807, 2.05) is 0 Å². The van der Waals surface area contributed by atoms with Crippen LogP contribution in [-0.2, 0) is 0 Å². The predicted molar refractivity (Wildman–Crippen MR) is 46.3 cm³/mol. The first-order valence-electron chi connectivity index (χ1n) is 3.65. The van der Waals surface area contributed by atoms with E-state index < -0.39 is 0 Å². The van der Waals surface area contributed by atoms with Crippen molar-refractivity contribution in [2.45, 2.75) is 13.8 Å². The first-order chi connectivity index (χ1) is 4.63. The Morgan fingerprint density at radius 2 is 1.73 bits per heavy atom. The van der Waals surface area contributed by atoms with Crippen LogP contribution in [0.25, 0.3) is 0 Å². The number of hydrogen-bond donors (Lipinski definition) is 0. The van der Waals surface area contributed by atoms with E-state index in [-0.39, 0.29) is 31.1 Å². The Morgan fingerprint density at radius 3 is 1.82 bits per heavy atom. The molecule has 0 rings (SSSR count). The van der Waals surface area contributed by atoms with Crippen LogP contribution in [0, 0.1) is 50.9 Å². The van der Waals surface area contributed by atoms with Crippen molar-refractivity contribution < 1.29 is 31.1 Å². The van der Waals surface area contributed by atoms with Crippen LogP contribution < -0.4 is 0 Å². The number of rotatable bonds is 4. The van der Waals surface area contributed by atoms with Crippen molar-refractivity contribution in [3.8, 4) is 0 Å². The zero-order valence-electron chi connectivity index (χ0n) is 7.56.